The van der Waals surface area contributed by atoms with Crippen molar-refractivity contribution in [3.63, 3.8) is 0 Å². The van der Waals surface area contributed by atoms with Crippen LogP contribution in [0.2, 0.25) is 0 Å². The van der Waals surface area contributed by atoms with Gasteiger partial charge in [-0.15, -0.1) is 34.2 Å². The van der Waals surface area contributed by atoms with E-state index in [2.05, 4.69) is 41.2 Å². The molecule has 2 unspecified atom stereocenters. The Hall–Kier alpha value is -0.860. The Morgan fingerprint density at radius 2 is 1.91 bits per heavy atom. The summed E-state index contributed by atoms with van der Waals surface area (Å²) in [6.45, 7) is 12.3. The first kappa shape index (κ1) is 19.2. The molecule has 126 valence electrons. The van der Waals surface area contributed by atoms with E-state index in [0.717, 1.165) is 49.1 Å². The average molecular weight is 420 g/mol. The molecule has 1 fully saturated rings. The maximum Gasteiger partial charge on any atom is 0.194 e. The number of aryl methyl sites for hydroxylation is 1. The summed E-state index contributed by atoms with van der Waals surface area (Å²) in [6, 6.07) is 0. The van der Waals surface area contributed by atoms with Gasteiger partial charge in [0.25, 0.3) is 0 Å². The van der Waals surface area contributed by atoms with Crippen molar-refractivity contribution >= 4 is 29.9 Å². The van der Waals surface area contributed by atoms with Gasteiger partial charge in [0.05, 0.1) is 0 Å². The van der Waals surface area contributed by atoms with Gasteiger partial charge in [-0.2, -0.15) is 0 Å². The summed E-state index contributed by atoms with van der Waals surface area (Å²) in [5.41, 5.74) is 0. The minimum Gasteiger partial charge on any atom is -0.357 e. The van der Waals surface area contributed by atoms with E-state index < -0.39 is 0 Å². The van der Waals surface area contributed by atoms with Crippen LogP contribution in [-0.2, 0) is 13.6 Å². The molecule has 22 heavy (non-hydrogen) atoms. The van der Waals surface area contributed by atoms with E-state index in [1.54, 1.807) is 0 Å². The second-order valence-electron chi connectivity index (χ2n) is 6.24. The Balaban J connectivity index is 0.00000242. The number of aliphatic imine (C=N–C) groups is 1. The number of guanidine groups is 1. The van der Waals surface area contributed by atoms with E-state index in [1.807, 2.05) is 18.5 Å². The third kappa shape index (κ3) is 4.82. The SMILES string of the molecule is CCNC(=NCc1nnc(C)n1C)N1CC(C)CC(C)C1.I. The highest BCUT2D eigenvalue weighted by atomic mass is 127. The topological polar surface area (TPSA) is 58.3 Å². The molecule has 0 aliphatic carbocycles. The van der Waals surface area contributed by atoms with Crippen molar-refractivity contribution in [2.24, 2.45) is 23.9 Å². The van der Waals surface area contributed by atoms with Crippen LogP contribution in [0.15, 0.2) is 4.99 Å². The summed E-state index contributed by atoms with van der Waals surface area (Å²) in [4.78, 5) is 7.14. The fraction of sp³-hybridized carbons (Fsp3) is 0.800. The second-order valence-corrected chi connectivity index (χ2v) is 6.24. The predicted octanol–water partition coefficient (Wildman–Crippen LogP) is 2.18. The fourth-order valence-electron chi connectivity index (χ4n) is 3.00. The molecule has 2 atom stereocenters. The van der Waals surface area contributed by atoms with Crippen LogP contribution in [-0.4, -0.2) is 45.3 Å². The number of rotatable bonds is 3. The molecule has 0 spiro atoms. The molecule has 2 rings (SSSR count). The first-order valence-electron chi connectivity index (χ1n) is 7.89. The largest absolute Gasteiger partial charge is 0.357 e. The van der Waals surface area contributed by atoms with E-state index in [4.69, 9.17) is 4.99 Å². The molecule has 2 heterocycles. The number of nitrogens with zero attached hydrogens (tertiary/aromatic N) is 5. The zero-order chi connectivity index (χ0) is 15.4. The minimum atomic E-state index is 0. The number of nitrogens with one attached hydrogen (secondary N) is 1. The van der Waals surface area contributed by atoms with Crippen LogP contribution in [0.1, 0.15) is 38.8 Å². The van der Waals surface area contributed by atoms with E-state index in [0.29, 0.717) is 6.54 Å². The lowest BCUT2D eigenvalue weighted by Crippen LogP contribution is -2.48. The maximum absolute atomic E-state index is 4.76. The van der Waals surface area contributed by atoms with Gasteiger partial charge in [0.2, 0.25) is 0 Å². The summed E-state index contributed by atoms with van der Waals surface area (Å²) in [6.07, 6.45) is 1.30. The van der Waals surface area contributed by atoms with Crippen molar-refractivity contribution in [3.05, 3.63) is 11.6 Å². The summed E-state index contributed by atoms with van der Waals surface area (Å²) < 4.78 is 1.99. The van der Waals surface area contributed by atoms with Crippen LogP contribution in [0.25, 0.3) is 0 Å². The Labute approximate surface area is 150 Å². The van der Waals surface area contributed by atoms with Crippen LogP contribution in [0.3, 0.4) is 0 Å². The molecule has 1 N–H and O–H groups in total. The third-order valence-electron chi connectivity index (χ3n) is 4.06. The van der Waals surface area contributed by atoms with Gasteiger partial charge in [-0.05, 0) is 32.1 Å². The molecular weight excluding hydrogens is 391 g/mol. The molecule has 0 saturated carbocycles. The van der Waals surface area contributed by atoms with Gasteiger partial charge in [-0.1, -0.05) is 13.8 Å². The highest BCUT2D eigenvalue weighted by Crippen LogP contribution is 2.21. The molecule has 1 aromatic heterocycles. The van der Waals surface area contributed by atoms with Crippen LogP contribution in [0.5, 0.6) is 0 Å². The highest BCUT2D eigenvalue weighted by Gasteiger charge is 2.24. The summed E-state index contributed by atoms with van der Waals surface area (Å²) in [5, 5.41) is 11.7. The van der Waals surface area contributed by atoms with Crippen LogP contribution in [0, 0.1) is 18.8 Å². The average Bonchev–Trinajstić information content (AvgIpc) is 2.74. The van der Waals surface area contributed by atoms with Gasteiger partial charge in [0, 0.05) is 26.7 Å². The number of aromatic nitrogens is 3. The number of hydrogen-bond acceptors (Lipinski definition) is 3. The van der Waals surface area contributed by atoms with E-state index in [-0.39, 0.29) is 24.0 Å². The minimum absolute atomic E-state index is 0. The van der Waals surface area contributed by atoms with Crippen LogP contribution >= 0.6 is 24.0 Å². The van der Waals surface area contributed by atoms with Crippen LogP contribution < -0.4 is 5.32 Å². The molecule has 6 nitrogen and oxygen atoms in total. The first-order valence-corrected chi connectivity index (χ1v) is 7.89. The number of halogens is 1. The zero-order valence-corrected chi connectivity index (χ0v) is 16.7. The van der Waals surface area contributed by atoms with Crippen molar-refractivity contribution in [1.82, 2.24) is 25.0 Å². The normalized spacial score (nSPS) is 22.4. The number of likely N-dealkylation sites (tertiary alicyclic amines) is 1. The molecule has 1 aliphatic rings. The molecule has 0 radical (unpaired) electrons. The van der Waals surface area contributed by atoms with Gasteiger partial charge < -0.3 is 14.8 Å². The Kier molecular flexibility index (Phi) is 7.58. The lowest BCUT2D eigenvalue weighted by Gasteiger charge is -2.37. The Morgan fingerprint density at radius 3 is 2.41 bits per heavy atom. The van der Waals surface area contributed by atoms with Gasteiger partial charge in [0.1, 0.15) is 12.4 Å². The molecule has 1 aliphatic heterocycles. The standard InChI is InChI=1S/C15H28N6.HI/c1-6-16-15(21-9-11(2)7-12(3)10-21)17-8-14-19-18-13(4)20(14)5;/h11-12H,6-10H2,1-5H3,(H,16,17);1H. The monoisotopic (exact) mass is 420 g/mol. The predicted molar refractivity (Wildman–Crippen MR) is 100 cm³/mol. The fourth-order valence-corrected chi connectivity index (χ4v) is 3.00. The first-order chi connectivity index (χ1) is 10.0. The molecule has 0 amide bonds. The second kappa shape index (κ2) is 8.69. The lowest BCUT2D eigenvalue weighted by molar-refractivity contribution is 0.208. The van der Waals surface area contributed by atoms with Crippen LogP contribution in [0.4, 0.5) is 0 Å². The molecule has 1 aromatic rings. The van der Waals surface area contributed by atoms with E-state index >= 15 is 0 Å². The molecule has 0 bridgehead atoms. The zero-order valence-electron chi connectivity index (χ0n) is 14.3. The van der Waals surface area contributed by atoms with Gasteiger partial charge in [0.15, 0.2) is 11.8 Å². The van der Waals surface area contributed by atoms with Crippen molar-refractivity contribution in [1.29, 1.82) is 0 Å². The highest BCUT2D eigenvalue weighted by molar-refractivity contribution is 14.0. The molecule has 7 heteroatoms. The quantitative estimate of drug-likeness (QED) is 0.463. The molecule has 0 aromatic carbocycles. The summed E-state index contributed by atoms with van der Waals surface area (Å²) in [5.74, 6) is 4.26. The van der Waals surface area contributed by atoms with E-state index in [1.165, 1.54) is 6.42 Å². The maximum atomic E-state index is 4.76. The summed E-state index contributed by atoms with van der Waals surface area (Å²) >= 11 is 0. The number of piperidine rings is 1. The Morgan fingerprint density at radius 1 is 1.27 bits per heavy atom. The lowest BCUT2D eigenvalue weighted by atomic mass is 9.92. The molecule has 1 saturated heterocycles. The van der Waals surface area contributed by atoms with Gasteiger partial charge in [-0.3, -0.25) is 0 Å². The van der Waals surface area contributed by atoms with Crippen molar-refractivity contribution in [2.75, 3.05) is 19.6 Å². The van der Waals surface area contributed by atoms with Crippen molar-refractivity contribution in [3.8, 4) is 0 Å². The van der Waals surface area contributed by atoms with Gasteiger partial charge in [-0.25, -0.2) is 4.99 Å². The third-order valence-corrected chi connectivity index (χ3v) is 4.06. The molecular formula is C15H29IN6. The Bertz CT molecular complexity index is 488. The van der Waals surface area contributed by atoms with Crippen molar-refractivity contribution in [2.45, 2.75) is 40.7 Å². The summed E-state index contributed by atoms with van der Waals surface area (Å²) in [7, 11) is 1.98. The number of hydrogen-bond donors (Lipinski definition) is 1. The van der Waals surface area contributed by atoms with Crippen molar-refractivity contribution < 1.29 is 0 Å². The van der Waals surface area contributed by atoms with Gasteiger partial charge >= 0.3 is 0 Å². The smallest absolute Gasteiger partial charge is 0.194 e. The van der Waals surface area contributed by atoms with E-state index in [9.17, 15) is 0 Å².